The highest BCUT2D eigenvalue weighted by molar-refractivity contribution is 6.06. The van der Waals surface area contributed by atoms with Crippen molar-refractivity contribution in [3.8, 4) is 12.3 Å². The molecule has 0 bridgehead atoms. The molecule has 1 aromatic heterocycles. The van der Waals surface area contributed by atoms with Gasteiger partial charge in [-0.05, 0) is 0 Å². The number of pyridine rings is 1. The van der Waals surface area contributed by atoms with E-state index in [2.05, 4.69) is 16.2 Å². The SMILES string of the molecule is C#CCCNc1ncc(C(=O)O)c2ccccc12. The van der Waals surface area contributed by atoms with Crippen LogP contribution in [0.25, 0.3) is 10.8 Å². The van der Waals surface area contributed by atoms with Gasteiger partial charge >= 0.3 is 5.97 Å². The molecule has 0 amide bonds. The van der Waals surface area contributed by atoms with Crippen molar-refractivity contribution in [2.24, 2.45) is 0 Å². The second-order valence-corrected chi connectivity index (χ2v) is 3.75. The van der Waals surface area contributed by atoms with Crippen LogP contribution in [0.1, 0.15) is 16.8 Å². The first-order chi connectivity index (χ1) is 8.74. The lowest BCUT2D eigenvalue weighted by atomic mass is 10.1. The number of rotatable bonds is 4. The number of aromatic carboxylic acids is 1. The number of terminal acetylenes is 1. The minimum Gasteiger partial charge on any atom is -0.478 e. The maximum Gasteiger partial charge on any atom is 0.337 e. The number of nitrogens with one attached hydrogen (secondary N) is 1. The average molecular weight is 240 g/mol. The molecule has 1 heterocycles. The summed E-state index contributed by atoms with van der Waals surface area (Å²) >= 11 is 0. The lowest BCUT2D eigenvalue weighted by Crippen LogP contribution is -2.05. The standard InChI is InChI=1S/C14H12N2O2/c1-2-3-8-15-13-11-7-5-4-6-10(11)12(9-16-13)14(17)18/h1,4-7,9H,3,8H2,(H,15,16)(H,17,18). The zero-order valence-corrected chi connectivity index (χ0v) is 9.68. The van der Waals surface area contributed by atoms with Crippen molar-refractivity contribution in [3.05, 3.63) is 36.0 Å². The van der Waals surface area contributed by atoms with E-state index in [0.29, 0.717) is 24.2 Å². The highest BCUT2D eigenvalue weighted by Gasteiger charge is 2.11. The number of benzene rings is 1. The molecular weight excluding hydrogens is 228 g/mol. The first-order valence-electron chi connectivity index (χ1n) is 5.52. The van der Waals surface area contributed by atoms with Crippen LogP contribution < -0.4 is 5.32 Å². The van der Waals surface area contributed by atoms with Crippen molar-refractivity contribution < 1.29 is 9.90 Å². The van der Waals surface area contributed by atoms with Crippen LogP contribution >= 0.6 is 0 Å². The number of carboxylic acids is 1. The van der Waals surface area contributed by atoms with E-state index in [-0.39, 0.29) is 5.56 Å². The second kappa shape index (κ2) is 5.19. The van der Waals surface area contributed by atoms with Crippen molar-refractivity contribution >= 4 is 22.6 Å². The van der Waals surface area contributed by atoms with E-state index in [1.165, 1.54) is 6.20 Å². The minimum atomic E-state index is -0.978. The molecule has 0 spiro atoms. The number of carboxylic acid groups (broad SMARTS) is 1. The van der Waals surface area contributed by atoms with Crippen LogP contribution in [0.5, 0.6) is 0 Å². The largest absolute Gasteiger partial charge is 0.478 e. The molecule has 2 aromatic rings. The molecule has 0 aliphatic carbocycles. The summed E-state index contributed by atoms with van der Waals surface area (Å²) in [7, 11) is 0. The first kappa shape index (κ1) is 11.9. The average Bonchev–Trinajstić information content (AvgIpc) is 2.38. The molecular formula is C14H12N2O2. The fourth-order valence-corrected chi connectivity index (χ4v) is 1.76. The number of anilines is 1. The number of aromatic nitrogens is 1. The molecule has 1 aromatic carbocycles. The van der Waals surface area contributed by atoms with Gasteiger partial charge in [-0.3, -0.25) is 0 Å². The summed E-state index contributed by atoms with van der Waals surface area (Å²) in [6.07, 6.45) is 7.14. The fraction of sp³-hybridized carbons (Fsp3) is 0.143. The Balaban J connectivity index is 2.48. The monoisotopic (exact) mass is 240 g/mol. The van der Waals surface area contributed by atoms with Crippen LogP contribution in [0.4, 0.5) is 5.82 Å². The number of hydrogen-bond acceptors (Lipinski definition) is 3. The molecule has 2 rings (SSSR count). The summed E-state index contributed by atoms with van der Waals surface area (Å²) < 4.78 is 0. The van der Waals surface area contributed by atoms with E-state index in [1.54, 1.807) is 12.1 Å². The van der Waals surface area contributed by atoms with Crippen molar-refractivity contribution in [1.29, 1.82) is 0 Å². The van der Waals surface area contributed by atoms with Crippen molar-refractivity contribution in [2.75, 3.05) is 11.9 Å². The summed E-state index contributed by atoms with van der Waals surface area (Å²) in [5, 5.41) is 13.7. The number of hydrogen-bond donors (Lipinski definition) is 2. The van der Waals surface area contributed by atoms with Gasteiger partial charge in [0.15, 0.2) is 0 Å². The molecule has 0 radical (unpaired) electrons. The third kappa shape index (κ3) is 2.25. The van der Waals surface area contributed by atoms with Crippen molar-refractivity contribution in [2.45, 2.75) is 6.42 Å². The smallest absolute Gasteiger partial charge is 0.337 e. The fourth-order valence-electron chi connectivity index (χ4n) is 1.76. The predicted octanol–water partition coefficient (Wildman–Crippen LogP) is 2.37. The highest BCUT2D eigenvalue weighted by Crippen LogP contribution is 2.24. The van der Waals surface area contributed by atoms with Gasteiger partial charge in [-0.25, -0.2) is 9.78 Å². The van der Waals surface area contributed by atoms with Gasteiger partial charge < -0.3 is 10.4 Å². The van der Waals surface area contributed by atoms with Gasteiger partial charge in [0.05, 0.1) is 5.56 Å². The summed E-state index contributed by atoms with van der Waals surface area (Å²) in [5.74, 6) is 2.21. The lowest BCUT2D eigenvalue weighted by Gasteiger charge is -2.09. The summed E-state index contributed by atoms with van der Waals surface area (Å²) in [6, 6.07) is 7.27. The number of nitrogens with zero attached hydrogens (tertiary/aromatic N) is 1. The Morgan fingerprint density at radius 1 is 1.39 bits per heavy atom. The van der Waals surface area contributed by atoms with Gasteiger partial charge in [0.25, 0.3) is 0 Å². The molecule has 4 nitrogen and oxygen atoms in total. The molecule has 4 heteroatoms. The summed E-state index contributed by atoms with van der Waals surface area (Å²) in [4.78, 5) is 15.2. The number of carbonyl (C=O) groups is 1. The van der Waals surface area contributed by atoms with E-state index < -0.39 is 5.97 Å². The third-order valence-electron chi connectivity index (χ3n) is 2.59. The van der Waals surface area contributed by atoms with Crippen molar-refractivity contribution in [1.82, 2.24) is 4.98 Å². The van der Waals surface area contributed by atoms with Gasteiger partial charge in [0.2, 0.25) is 0 Å². The summed E-state index contributed by atoms with van der Waals surface area (Å²) in [5.41, 5.74) is 0.202. The molecule has 0 fully saturated rings. The van der Waals surface area contributed by atoms with Gasteiger partial charge in [0, 0.05) is 29.9 Å². The predicted molar refractivity (Wildman–Crippen MR) is 70.6 cm³/mol. The third-order valence-corrected chi connectivity index (χ3v) is 2.59. The number of fused-ring (bicyclic) bond motifs is 1. The molecule has 0 aliphatic heterocycles. The zero-order valence-electron chi connectivity index (χ0n) is 9.68. The molecule has 2 N–H and O–H groups in total. The van der Waals surface area contributed by atoms with E-state index in [0.717, 1.165) is 5.39 Å². The van der Waals surface area contributed by atoms with Crippen LogP contribution in [0, 0.1) is 12.3 Å². The van der Waals surface area contributed by atoms with Crippen molar-refractivity contribution in [3.63, 3.8) is 0 Å². The Morgan fingerprint density at radius 3 is 2.78 bits per heavy atom. The van der Waals surface area contributed by atoms with E-state index >= 15 is 0 Å². The minimum absolute atomic E-state index is 0.202. The quantitative estimate of drug-likeness (QED) is 0.636. The van der Waals surface area contributed by atoms with Crippen LogP contribution in [0.15, 0.2) is 30.5 Å². The van der Waals surface area contributed by atoms with Gasteiger partial charge in [-0.2, -0.15) is 0 Å². The van der Waals surface area contributed by atoms with E-state index in [9.17, 15) is 4.79 Å². The topological polar surface area (TPSA) is 62.2 Å². The Labute approximate surface area is 105 Å². The maximum absolute atomic E-state index is 11.1. The highest BCUT2D eigenvalue weighted by atomic mass is 16.4. The Bertz CT molecular complexity index is 629. The second-order valence-electron chi connectivity index (χ2n) is 3.75. The molecule has 0 unspecified atom stereocenters. The van der Waals surface area contributed by atoms with E-state index in [1.807, 2.05) is 12.1 Å². The van der Waals surface area contributed by atoms with Gasteiger partial charge in [0.1, 0.15) is 5.82 Å². The maximum atomic E-state index is 11.1. The molecule has 0 saturated carbocycles. The normalized spacial score (nSPS) is 9.94. The van der Waals surface area contributed by atoms with Gasteiger partial charge in [-0.1, -0.05) is 24.3 Å². The molecule has 0 atom stereocenters. The Kier molecular flexibility index (Phi) is 3.44. The Hall–Kier alpha value is -2.54. The lowest BCUT2D eigenvalue weighted by molar-refractivity contribution is 0.0698. The molecule has 18 heavy (non-hydrogen) atoms. The van der Waals surface area contributed by atoms with Crippen LogP contribution in [0.2, 0.25) is 0 Å². The molecule has 0 aliphatic rings. The zero-order chi connectivity index (χ0) is 13.0. The van der Waals surface area contributed by atoms with Crippen LogP contribution in [-0.2, 0) is 0 Å². The Morgan fingerprint density at radius 2 is 2.11 bits per heavy atom. The summed E-state index contributed by atoms with van der Waals surface area (Å²) in [6.45, 7) is 0.611. The van der Waals surface area contributed by atoms with Crippen LogP contribution in [0.3, 0.4) is 0 Å². The molecule has 90 valence electrons. The van der Waals surface area contributed by atoms with Gasteiger partial charge in [-0.15, -0.1) is 12.3 Å². The van der Waals surface area contributed by atoms with E-state index in [4.69, 9.17) is 11.5 Å². The molecule has 0 saturated heterocycles. The van der Waals surface area contributed by atoms with Crippen LogP contribution in [-0.4, -0.2) is 22.6 Å². The first-order valence-corrected chi connectivity index (χ1v) is 5.52.